The minimum absolute atomic E-state index is 0.118. The number of ether oxygens (including phenoxy) is 1. The van der Waals surface area contributed by atoms with Crippen LogP contribution >= 0.6 is 34.3 Å². The van der Waals surface area contributed by atoms with Crippen LogP contribution in [0, 0.1) is 0 Å². The number of rotatable bonds is 6. The summed E-state index contributed by atoms with van der Waals surface area (Å²) in [6, 6.07) is 9.47. The van der Waals surface area contributed by atoms with Crippen LogP contribution in [-0.4, -0.2) is 53.1 Å². The number of halogens is 1. The molecule has 200 valence electrons. The van der Waals surface area contributed by atoms with Crippen LogP contribution in [0.2, 0.25) is 4.34 Å². The van der Waals surface area contributed by atoms with Gasteiger partial charge in [-0.1, -0.05) is 11.6 Å². The molecule has 1 aliphatic heterocycles. The molecule has 5 rings (SSSR count). The molecular formula is C25H25ClN4O5S3. The summed E-state index contributed by atoms with van der Waals surface area (Å²) in [7, 11) is -3.91. The van der Waals surface area contributed by atoms with Gasteiger partial charge in [-0.25, -0.2) is 17.8 Å². The number of nitrogens with zero attached hydrogens (tertiary/aromatic N) is 3. The van der Waals surface area contributed by atoms with Gasteiger partial charge in [0.15, 0.2) is 0 Å². The maximum absolute atomic E-state index is 13.2. The van der Waals surface area contributed by atoms with E-state index in [9.17, 15) is 18.0 Å². The van der Waals surface area contributed by atoms with Crippen molar-refractivity contribution in [1.29, 1.82) is 0 Å². The van der Waals surface area contributed by atoms with Crippen molar-refractivity contribution in [2.75, 3.05) is 6.54 Å². The second-order valence-electron chi connectivity index (χ2n) is 9.83. The number of carbonyl (C=O) groups excluding carboxylic acids is 2. The fourth-order valence-corrected chi connectivity index (χ4v) is 7.92. The summed E-state index contributed by atoms with van der Waals surface area (Å²) in [5.74, 6) is -0.352. The summed E-state index contributed by atoms with van der Waals surface area (Å²) in [6.45, 7) is 5.80. The summed E-state index contributed by atoms with van der Waals surface area (Å²) < 4.78 is 36.5. The SMILES string of the molecule is CC(C)(C)OC(=O)n1c(CN2CC[C@H](NS(=O)(=O)c3ccc(-c4ccc(Cl)s4)s3)C2=O)cc2cnccc21. The third-order valence-corrected chi connectivity index (χ3v) is 10.3. The molecule has 0 bridgehead atoms. The monoisotopic (exact) mass is 592 g/mol. The first kappa shape index (κ1) is 26.8. The van der Waals surface area contributed by atoms with E-state index in [4.69, 9.17) is 16.3 Å². The number of amides is 1. The Bertz CT molecular complexity index is 1630. The Hall–Kier alpha value is -2.77. The molecule has 4 aromatic rings. The molecule has 0 unspecified atom stereocenters. The normalized spacial score (nSPS) is 16.5. The fourth-order valence-electron chi connectivity index (χ4n) is 4.24. The Kier molecular flexibility index (Phi) is 7.12. The summed E-state index contributed by atoms with van der Waals surface area (Å²) in [5, 5.41) is 0.734. The highest BCUT2D eigenvalue weighted by Crippen LogP contribution is 2.37. The summed E-state index contributed by atoms with van der Waals surface area (Å²) in [6.07, 6.45) is 2.98. The first-order valence-corrected chi connectivity index (χ1v) is 15.2. The van der Waals surface area contributed by atoms with Gasteiger partial charge in [0.1, 0.15) is 15.9 Å². The number of aromatic nitrogens is 2. The average molecular weight is 593 g/mol. The summed E-state index contributed by atoms with van der Waals surface area (Å²) in [5.41, 5.74) is 0.465. The van der Waals surface area contributed by atoms with E-state index in [1.54, 1.807) is 62.3 Å². The number of sulfonamides is 1. The molecule has 9 nitrogen and oxygen atoms in total. The molecule has 13 heteroatoms. The van der Waals surface area contributed by atoms with Crippen molar-refractivity contribution in [3.05, 3.63) is 58.8 Å². The topological polar surface area (TPSA) is 111 Å². The molecule has 1 aliphatic rings. The molecule has 1 atom stereocenters. The molecule has 38 heavy (non-hydrogen) atoms. The van der Waals surface area contributed by atoms with Gasteiger partial charge in [0, 0.05) is 39.8 Å². The Morgan fingerprint density at radius 1 is 1.18 bits per heavy atom. The number of carbonyl (C=O) groups is 2. The third kappa shape index (κ3) is 5.50. The number of hydrogen-bond donors (Lipinski definition) is 1. The number of nitrogens with one attached hydrogen (secondary N) is 1. The lowest BCUT2D eigenvalue weighted by atomic mass is 10.2. The van der Waals surface area contributed by atoms with E-state index in [-0.39, 0.29) is 16.7 Å². The molecule has 0 saturated carbocycles. The van der Waals surface area contributed by atoms with Crippen molar-refractivity contribution in [2.45, 2.75) is 49.6 Å². The van der Waals surface area contributed by atoms with Gasteiger partial charge in [0.25, 0.3) is 10.0 Å². The van der Waals surface area contributed by atoms with Crippen LogP contribution < -0.4 is 4.72 Å². The third-order valence-electron chi connectivity index (χ3n) is 5.86. The first-order chi connectivity index (χ1) is 17.9. The van der Waals surface area contributed by atoms with Gasteiger partial charge >= 0.3 is 6.09 Å². The molecule has 4 aromatic heterocycles. The smallest absolute Gasteiger partial charge is 0.419 e. The highest BCUT2D eigenvalue weighted by atomic mass is 35.5. The largest absolute Gasteiger partial charge is 0.443 e. The van der Waals surface area contributed by atoms with Gasteiger partial charge in [-0.15, -0.1) is 22.7 Å². The van der Waals surface area contributed by atoms with Crippen LogP contribution in [0.4, 0.5) is 4.79 Å². The molecule has 1 saturated heterocycles. The zero-order valence-electron chi connectivity index (χ0n) is 20.8. The van der Waals surface area contributed by atoms with Crippen molar-refractivity contribution < 1.29 is 22.7 Å². The summed E-state index contributed by atoms with van der Waals surface area (Å²) in [4.78, 5) is 33.6. The predicted octanol–water partition coefficient (Wildman–Crippen LogP) is 5.34. The van der Waals surface area contributed by atoms with Gasteiger partial charge in [-0.3, -0.25) is 9.78 Å². The predicted molar refractivity (Wildman–Crippen MR) is 148 cm³/mol. The Labute approximate surface area is 233 Å². The maximum atomic E-state index is 13.2. The number of pyridine rings is 1. The van der Waals surface area contributed by atoms with Gasteiger partial charge < -0.3 is 9.64 Å². The van der Waals surface area contributed by atoms with Crippen molar-refractivity contribution >= 4 is 67.2 Å². The molecule has 5 heterocycles. The minimum Gasteiger partial charge on any atom is -0.443 e. The molecule has 0 spiro atoms. The van der Waals surface area contributed by atoms with E-state index in [0.29, 0.717) is 28.5 Å². The van der Waals surface area contributed by atoms with Crippen LogP contribution in [0.5, 0.6) is 0 Å². The zero-order valence-corrected chi connectivity index (χ0v) is 24.0. The first-order valence-electron chi connectivity index (χ1n) is 11.8. The van der Waals surface area contributed by atoms with Crippen LogP contribution in [0.1, 0.15) is 32.9 Å². The van der Waals surface area contributed by atoms with E-state index >= 15 is 0 Å². The van der Waals surface area contributed by atoms with Gasteiger partial charge in [0.2, 0.25) is 5.91 Å². The second-order valence-corrected chi connectivity index (χ2v) is 14.6. The lowest BCUT2D eigenvalue weighted by Gasteiger charge is -2.22. The zero-order chi connectivity index (χ0) is 27.2. The molecule has 0 aromatic carbocycles. The summed E-state index contributed by atoms with van der Waals surface area (Å²) >= 11 is 8.50. The highest BCUT2D eigenvalue weighted by molar-refractivity contribution is 7.91. The van der Waals surface area contributed by atoms with Crippen molar-refractivity contribution in [3.63, 3.8) is 0 Å². The fraction of sp³-hybridized carbons (Fsp3) is 0.320. The lowest BCUT2D eigenvalue weighted by Crippen LogP contribution is -2.41. The van der Waals surface area contributed by atoms with Crippen LogP contribution in [0.3, 0.4) is 0 Å². The van der Waals surface area contributed by atoms with Gasteiger partial charge in [-0.05, 0) is 63.6 Å². The number of fused-ring (bicyclic) bond motifs is 1. The van der Waals surface area contributed by atoms with E-state index in [2.05, 4.69) is 9.71 Å². The molecule has 1 amide bonds. The lowest BCUT2D eigenvalue weighted by molar-refractivity contribution is -0.129. The van der Waals surface area contributed by atoms with Crippen LogP contribution in [0.25, 0.3) is 20.7 Å². The van der Waals surface area contributed by atoms with Crippen LogP contribution in [-0.2, 0) is 26.1 Å². The van der Waals surface area contributed by atoms with Crippen LogP contribution in [0.15, 0.2) is 53.0 Å². The van der Waals surface area contributed by atoms with E-state index < -0.39 is 27.8 Å². The number of thiophene rings is 2. The molecule has 0 radical (unpaired) electrons. The Morgan fingerprint density at radius 2 is 1.92 bits per heavy atom. The molecule has 1 fully saturated rings. The number of hydrogen-bond acceptors (Lipinski definition) is 8. The van der Waals surface area contributed by atoms with Gasteiger partial charge in [-0.2, -0.15) is 4.72 Å². The quantitative estimate of drug-likeness (QED) is 0.323. The molecule has 0 aliphatic carbocycles. The van der Waals surface area contributed by atoms with Gasteiger partial charge in [0.05, 0.1) is 16.4 Å². The number of likely N-dealkylation sites (tertiary alicyclic amines) is 1. The van der Waals surface area contributed by atoms with Crippen molar-refractivity contribution in [3.8, 4) is 9.75 Å². The van der Waals surface area contributed by atoms with E-state index in [1.165, 1.54) is 22.0 Å². The standard InChI is InChI=1S/C25H25ClN4O5S3/c1-25(2,3)35-24(32)30-16(12-15-13-27-10-8-18(15)30)14-29-11-9-17(23(29)31)28-38(33,34)22-7-5-20(37-22)19-4-6-21(26)36-19/h4-8,10,12-13,17,28H,9,11,14H2,1-3H3/t17-/m0/s1. The van der Waals surface area contributed by atoms with Crippen molar-refractivity contribution in [2.24, 2.45) is 0 Å². The highest BCUT2D eigenvalue weighted by Gasteiger charge is 2.36. The van der Waals surface area contributed by atoms with E-state index in [1.807, 2.05) is 6.07 Å². The van der Waals surface area contributed by atoms with E-state index in [0.717, 1.165) is 26.5 Å². The Morgan fingerprint density at radius 3 is 2.63 bits per heavy atom. The second kappa shape index (κ2) is 10.1. The molecule has 1 N–H and O–H groups in total. The average Bonchev–Trinajstić information content (AvgIpc) is 3.61. The minimum atomic E-state index is -3.91. The van der Waals surface area contributed by atoms with Crippen molar-refractivity contribution in [1.82, 2.24) is 19.2 Å². The molecular weight excluding hydrogens is 568 g/mol. The maximum Gasteiger partial charge on any atom is 0.419 e. The Balaban J connectivity index is 1.33.